The number of rotatable bonds is 6. The summed E-state index contributed by atoms with van der Waals surface area (Å²) in [6, 6.07) is 6.19. The van der Waals surface area contributed by atoms with Crippen LogP contribution in [0.5, 0.6) is 5.75 Å². The summed E-state index contributed by atoms with van der Waals surface area (Å²) in [5, 5.41) is 0. The van der Waals surface area contributed by atoms with Crippen LogP contribution in [0.2, 0.25) is 0 Å². The average Bonchev–Trinajstić information content (AvgIpc) is 2.93. The molecule has 0 atom stereocenters. The van der Waals surface area contributed by atoms with Crippen LogP contribution in [0.1, 0.15) is 87.2 Å². The van der Waals surface area contributed by atoms with Gasteiger partial charge in [0.05, 0.1) is 24.7 Å². The van der Waals surface area contributed by atoms with Crippen molar-refractivity contribution < 1.29 is 44.9 Å². The lowest BCUT2D eigenvalue weighted by atomic mass is 9.76. The van der Waals surface area contributed by atoms with E-state index in [2.05, 4.69) is 11.7 Å². The van der Waals surface area contributed by atoms with E-state index < -0.39 is 47.4 Å². The number of hydrogen-bond acceptors (Lipinski definition) is 3. The van der Waals surface area contributed by atoms with Crippen molar-refractivity contribution in [1.82, 2.24) is 0 Å². The first kappa shape index (κ1) is 30.1. The van der Waals surface area contributed by atoms with Gasteiger partial charge >= 0.3 is 12.3 Å². The topological polar surface area (TPSA) is 27.7 Å². The van der Waals surface area contributed by atoms with Gasteiger partial charge in [0.15, 0.2) is 6.29 Å². The van der Waals surface area contributed by atoms with Crippen molar-refractivity contribution >= 4 is 0 Å². The molecule has 0 radical (unpaired) electrons. The number of halogens is 7. The number of benzene rings is 2. The molecule has 3 aliphatic rings. The third-order valence-electron chi connectivity index (χ3n) is 9.09. The van der Waals surface area contributed by atoms with Crippen molar-refractivity contribution in [1.29, 1.82) is 0 Å². The summed E-state index contributed by atoms with van der Waals surface area (Å²) in [4.78, 5) is 0. The highest BCUT2D eigenvalue weighted by Gasteiger charge is 2.45. The molecular weight excluding hydrogens is 553 g/mol. The zero-order valence-corrected chi connectivity index (χ0v) is 22.9. The highest BCUT2D eigenvalue weighted by atomic mass is 19.4. The molecule has 3 nitrogen and oxygen atoms in total. The molecule has 2 aromatic carbocycles. The number of ether oxygens (including phenoxy) is 3. The minimum absolute atomic E-state index is 0.0121. The first-order valence-electron chi connectivity index (χ1n) is 14.4. The molecule has 226 valence electrons. The molecule has 0 bridgehead atoms. The SMILES string of the molecule is CC1CCC(C2COC(c3ccc(C4CCC(C(F)(F)Oc5ccc(C(F)(F)F)c(F)c5)CC4)c(F)c3)OC2)CC1. The number of hydrogen-bond donors (Lipinski definition) is 0. The molecule has 0 amide bonds. The molecule has 0 spiro atoms. The summed E-state index contributed by atoms with van der Waals surface area (Å²) in [6.45, 7) is 3.43. The number of alkyl halides is 5. The fourth-order valence-corrected chi connectivity index (χ4v) is 6.53. The molecule has 1 saturated heterocycles. The van der Waals surface area contributed by atoms with Gasteiger partial charge in [0.25, 0.3) is 0 Å². The molecule has 2 aliphatic carbocycles. The molecule has 1 heterocycles. The molecule has 3 fully saturated rings. The van der Waals surface area contributed by atoms with Gasteiger partial charge in [-0.2, -0.15) is 22.0 Å². The van der Waals surface area contributed by atoms with Crippen molar-refractivity contribution in [2.45, 2.75) is 82.8 Å². The summed E-state index contributed by atoms with van der Waals surface area (Å²) in [6.07, 6.45) is -3.91. The van der Waals surface area contributed by atoms with Gasteiger partial charge in [-0.15, -0.1) is 0 Å². The Morgan fingerprint density at radius 1 is 0.732 bits per heavy atom. The maximum absolute atomic E-state index is 15.2. The molecule has 0 aromatic heterocycles. The van der Waals surface area contributed by atoms with E-state index in [-0.39, 0.29) is 31.6 Å². The third-order valence-corrected chi connectivity index (χ3v) is 9.09. The van der Waals surface area contributed by atoms with Crippen LogP contribution in [0, 0.1) is 35.3 Å². The van der Waals surface area contributed by atoms with Crippen molar-refractivity contribution in [3.63, 3.8) is 0 Å². The molecular formula is C31H35F7O3. The zero-order chi connectivity index (χ0) is 29.4. The lowest BCUT2D eigenvalue weighted by Crippen LogP contribution is -2.37. The second kappa shape index (κ2) is 12.1. The normalized spacial score (nSPS) is 29.8. The Labute approximate surface area is 235 Å². The molecule has 2 saturated carbocycles. The summed E-state index contributed by atoms with van der Waals surface area (Å²) < 4.78 is 113. The van der Waals surface area contributed by atoms with E-state index in [9.17, 15) is 26.3 Å². The summed E-state index contributed by atoms with van der Waals surface area (Å²) in [7, 11) is 0. The fourth-order valence-electron chi connectivity index (χ4n) is 6.53. The first-order chi connectivity index (χ1) is 19.4. The van der Waals surface area contributed by atoms with Gasteiger partial charge in [0.1, 0.15) is 17.4 Å². The summed E-state index contributed by atoms with van der Waals surface area (Å²) in [5.74, 6) is -2.61. The lowest BCUT2D eigenvalue weighted by molar-refractivity contribution is -0.222. The standard InChI is InChI=1S/C31H35F7O3/c1-18-2-4-19(5-3-18)22-16-39-29(40-17-22)21-8-12-25(27(32)14-21)20-6-9-23(10-7-20)31(37,38)41-24-11-13-26(28(33)15-24)30(34,35)36/h8,11-15,18-20,22-23,29H,2-7,9-10,16-17H2,1H3. The molecule has 0 unspecified atom stereocenters. The van der Waals surface area contributed by atoms with E-state index in [1.54, 1.807) is 12.1 Å². The van der Waals surface area contributed by atoms with E-state index in [1.165, 1.54) is 31.7 Å². The van der Waals surface area contributed by atoms with Crippen LogP contribution < -0.4 is 4.74 Å². The Morgan fingerprint density at radius 3 is 1.98 bits per heavy atom. The van der Waals surface area contributed by atoms with Crippen LogP contribution in [0.4, 0.5) is 30.7 Å². The minimum atomic E-state index is -4.94. The van der Waals surface area contributed by atoms with Crippen molar-refractivity contribution in [3.05, 3.63) is 64.7 Å². The van der Waals surface area contributed by atoms with E-state index in [4.69, 9.17) is 9.47 Å². The van der Waals surface area contributed by atoms with Gasteiger partial charge in [-0.3, -0.25) is 0 Å². The van der Waals surface area contributed by atoms with Gasteiger partial charge in [-0.1, -0.05) is 31.9 Å². The van der Waals surface area contributed by atoms with Crippen LogP contribution >= 0.6 is 0 Å². The molecule has 2 aromatic rings. The van der Waals surface area contributed by atoms with Crippen molar-refractivity contribution in [3.8, 4) is 5.75 Å². The molecule has 1 aliphatic heterocycles. The second-order valence-corrected chi connectivity index (χ2v) is 11.9. The Balaban J connectivity index is 1.14. The quantitative estimate of drug-likeness (QED) is 0.315. The zero-order valence-electron chi connectivity index (χ0n) is 22.9. The van der Waals surface area contributed by atoms with Gasteiger partial charge < -0.3 is 14.2 Å². The van der Waals surface area contributed by atoms with Crippen LogP contribution in [0.25, 0.3) is 0 Å². The van der Waals surface area contributed by atoms with E-state index in [1.807, 2.05) is 0 Å². The fraction of sp³-hybridized carbons (Fsp3) is 0.613. The van der Waals surface area contributed by atoms with Crippen molar-refractivity contribution in [2.24, 2.45) is 23.7 Å². The molecule has 10 heteroatoms. The van der Waals surface area contributed by atoms with Gasteiger partial charge in [0, 0.05) is 17.5 Å². The Kier molecular flexibility index (Phi) is 8.90. The Morgan fingerprint density at radius 2 is 1.39 bits per heavy atom. The van der Waals surface area contributed by atoms with E-state index in [0.29, 0.717) is 54.4 Å². The predicted molar refractivity (Wildman–Crippen MR) is 137 cm³/mol. The van der Waals surface area contributed by atoms with Crippen LogP contribution in [0.3, 0.4) is 0 Å². The summed E-state index contributed by atoms with van der Waals surface area (Å²) in [5.41, 5.74) is -0.535. The first-order valence-corrected chi connectivity index (χ1v) is 14.4. The summed E-state index contributed by atoms with van der Waals surface area (Å²) >= 11 is 0. The second-order valence-electron chi connectivity index (χ2n) is 11.9. The van der Waals surface area contributed by atoms with Crippen LogP contribution in [-0.4, -0.2) is 19.3 Å². The van der Waals surface area contributed by atoms with E-state index >= 15 is 4.39 Å². The maximum Gasteiger partial charge on any atom is 0.419 e. The maximum atomic E-state index is 15.2. The Bertz CT molecular complexity index is 1180. The lowest BCUT2D eigenvalue weighted by Gasteiger charge is -2.37. The van der Waals surface area contributed by atoms with Gasteiger partial charge in [-0.25, -0.2) is 8.78 Å². The largest absolute Gasteiger partial charge is 0.432 e. The molecule has 0 N–H and O–H groups in total. The predicted octanol–water partition coefficient (Wildman–Crippen LogP) is 9.42. The van der Waals surface area contributed by atoms with Crippen LogP contribution in [0.15, 0.2) is 36.4 Å². The minimum Gasteiger partial charge on any atom is -0.432 e. The Hall–Kier alpha value is -2.33. The van der Waals surface area contributed by atoms with Gasteiger partial charge in [0.2, 0.25) is 0 Å². The van der Waals surface area contributed by atoms with Gasteiger partial charge in [-0.05, 0) is 80.0 Å². The highest BCUT2D eigenvalue weighted by Crippen LogP contribution is 2.45. The molecule has 41 heavy (non-hydrogen) atoms. The third kappa shape index (κ3) is 7.01. The van der Waals surface area contributed by atoms with E-state index in [0.717, 1.165) is 5.92 Å². The van der Waals surface area contributed by atoms with Crippen molar-refractivity contribution in [2.75, 3.05) is 13.2 Å². The molecule has 5 rings (SSSR count). The highest BCUT2D eigenvalue weighted by molar-refractivity contribution is 5.31. The average molecular weight is 589 g/mol. The monoisotopic (exact) mass is 588 g/mol. The van der Waals surface area contributed by atoms with Crippen LogP contribution in [-0.2, 0) is 15.7 Å². The smallest absolute Gasteiger partial charge is 0.419 e.